The van der Waals surface area contributed by atoms with Crippen LogP contribution in [0.3, 0.4) is 0 Å². The number of benzene rings is 2. The molecule has 1 N–H and O–H groups in total. The molecule has 1 aliphatic rings. The summed E-state index contributed by atoms with van der Waals surface area (Å²) in [6.07, 6.45) is 1.69. The molecule has 0 saturated carbocycles. The van der Waals surface area contributed by atoms with Gasteiger partial charge in [0, 0.05) is 19.0 Å². The average molecular weight is 439 g/mol. The lowest BCUT2D eigenvalue weighted by molar-refractivity contribution is -0.385. The van der Waals surface area contributed by atoms with Crippen LogP contribution in [0.5, 0.6) is 0 Å². The molecule has 1 heterocycles. The van der Waals surface area contributed by atoms with Gasteiger partial charge in [0.25, 0.3) is 17.5 Å². The highest BCUT2D eigenvalue weighted by molar-refractivity contribution is 6.23. The average Bonchev–Trinajstić information content (AvgIpc) is 3.03. The summed E-state index contributed by atoms with van der Waals surface area (Å²) in [6.45, 7) is 0.107. The van der Waals surface area contributed by atoms with Crippen LogP contribution < -0.4 is 5.32 Å². The molecule has 1 aliphatic heterocycles. The summed E-state index contributed by atoms with van der Waals surface area (Å²) in [7, 11) is 1.26. The molecule has 0 radical (unpaired) electrons. The van der Waals surface area contributed by atoms with Crippen LogP contribution in [-0.2, 0) is 9.53 Å². The minimum Gasteiger partial charge on any atom is -0.465 e. The Hall–Kier alpha value is -4.08. The molecule has 0 saturated heterocycles. The van der Waals surface area contributed by atoms with E-state index < -0.39 is 22.7 Å². The van der Waals surface area contributed by atoms with Crippen molar-refractivity contribution >= 4 is 35.1 Å². The number of unbranched alkanes of at least 4 members (excludes halogenated alkanes) is 2. The van der Waals surface area contributed by atoms with Gasteiger partial charge in [0.05, 0.1) is 28.8 Å². The second-order valence-corrected chi connectivity index (χ2v) is 7.11. The number of amides is 3. The largest absolute Gasteiger partial charge is 0.465 e. The molecule has 0 fully saturated rings. The summed E-state index contributed by atoms with van der Waals surface area (Å²) in [5, 5.41) is 13.8. The zero-order valence-corrected chi connectivity index (χ0v) is 17.3. The number of nitro benzene ring substituents is 1. The monoisotopic (exact) mass is 439 g/mol. The molecule has 3 rings (SSSR count). The maximum Gasteiger partial charge on any atom is 0.339 e. The highest BCUT2D eigenvalue weighted by Gasteiger charge is 2.40. The van der Waals surface area contributed by atoms with Crippen LogP contribution in [0.4, 0.5) is 11.4 Å². The molecule has 0 aromatic heterocycles. The number of methoxy groups -OCH3 is 1. The highest BCUT2D eigenvalue weighted by atomic mass is 16.6. The van der Waals surface area contributed by atoms with E-state index in [1.54, 1.807) is 24.3 Å². The number of para-hydroxylation sites is 1. The number of ether oxygens (including phenoxy) is 1. The Morgan fingerprint density at radius 3 is 2.50 bits per heavy atom. The van der Waals surface area contributed by atoms with Crippen LogP contribution in [0.15, 0.2) is 42.5 Å². The van der Waals surface area contributed by atoms with Crippen LogP contribution in [-0.4, -0.2) is 47.2 Å². The Morgan fingerprint density at radius 1 is 1.03 bits per heavy atom. The summed E-state index contributed by atoms with van der Waals surface area (Å²) in [6, 6.07) is 10.5. The number of esters is 1. The van der Waals surface area contributed by atoms with Crippen LogP contribution in [0.25, 0.3) is 0 Å². The predicted octanol–water partition coefficient (Wildman–Crippen LogP) is 3.18. The van der Waals surface area contributed by atoms with E-state index in [2.05, 4.69) is 5.32 Å². The number of nitrogens with one attached hydrogen (secondary N) is 1. The van der Waals surface area contributed by atoms with Crippen LogP contribution >= 0.6 is 0 Å². The molecule has 0 unspecified atom stereocenters. The van der Waals surface area contributed by atoms with Gasteiger partial charge in [-0.3, -0.25) is 29.4 Å². The molecule has 2 aromatic carbocycles. The normalized spacial score (nSPS) is 12.5. The first-order valence-corrected chi connectivity index (χ1v) is 9.96. The van der Waals surface area contributed by atoms with Gasteiger partial charge in [-0.15, -0.1) is 0 Å². The molecule has 0 aliphatic carbocycles. The van der Waals surface area contributed by atoms with Crippen LogP contribution in [0.2, 0.25) is 0 Å². The third-order valence-electron chi connectivity index (χ3n) is 5.07. The maximum atomic E-state index is 12.5. The van der Waals surface area contributed by atoms with Gasteiger partial charge >= 0.3 is 5.97 Å². The molecule has 0 atom stereocenters. The zero-order chi connectivity index (χ0) is 23.3. The van der Waals surface area contributed by atoms with Gasteiger partial charge in [0.2, 0.25) is 5.91 Å². The number of hydrogen-bond donors (Lipinski definition) is 1. The van der Waals surface area contributed by atoms with Crippen molar-refractivity contribution in [1.29, 1.82) is 0 Å². The second kappa shape index (κ2) is 9.82. The summed E-state index contributed by atoms with van der Waals surface area (Å²) >= 11 is 0. The Labute approximate surface area is 183 Å². The summed E-state index contributed by atoms with van der Waals surface area (Å²) in [5.74, 6) is -2.06. The third kappa shape index (κ3) is 4.64. The Balaban J connectivity index is 1.49. The van der Waals surface area contributed by atoms with Crippen LogP contribution in [0, 0.1) is 10.1 Å². The minimum absolute atomic E-state index is 0.0350. The zero-order valence-electron chi connectivity index (χ0n) is 17.3. The molecule has 10 heteroatoms. The number of carbonyl (C=O) groups is 4. The molecular weight excluding hydrogens is 418 g/mol. The standard InChI is InChI=1S/C22H21N3O7/c1-32-22(29)14-8-4-5-10-16(14)23-18(26)12-3-2-6-13-24-20(27)15-9-7-11-17(25(30)31)19(15)21(24)28/h4-5,7-11H,2-3,6,12-13H2,1H3,(H,23,26). The topological polar surface area (TPSA) is 136 Å². The lowest BCUT2D eigenvalue weighted by Crippen LogP contribution is -2.30. The van der Waals surface area contributed by atoms with E-state index in [-0.39, 0.29) is 41.3 Å². The fraction of sp³-hybridized carbons (Fsp3) is 0.273. The van der Waals surface area contributed by atoms with Gasteiger partial charge in [-0.2, -0.15) is 0 Å². The van der Waals surface area contributed by atoms with Gasteiger partial charge in [0.1, 0.15) is 5.56 Å². The Bertz CT molecular complexity index is 1100. The van der Waals surface area contributed by atoms with Crippen molar-refractivity contribution in [2.45, 2.75) is 25.7 Å². The van der Waals surface area contributed by atoms with E-state index >= 15 is 0 Å². The van der Waals surface area contributed by atoms with E-state index in [0.29, 0.717) is 24.9 Å². The molecule has 32 heavy (non-hydrogen) atoms. The van der Waals surface area contributed by atoms with Crippen LogP contribution in [0.1, 0.15) is 56.8 Å². The van der Waals surface area contributed by atoms with Crippen molar-refractivity contribution in [3.63, 3.8) is 0 Å². The van der Waals surface area contributed by atoms with Crippen molar-refractivity contribution in [3.8, 4) is 0 Å². The highest BCUT2D eigenvalue weighted by Crippen LogP contribution is 2.30. The van der Waals surface area contributed by atoms with Crippen molar-refractivity contribution < 1.29 is 28.8 Å². The fourth-order valence-electron chi connectivity index (χ4n) is 3.50. The van der Waals surface area contributed by atoms with Crippen molar-refractivity contribution in [2.24, 2.45) is 0 Å². The number of hydrogen-bond acceptors (Lipinski definition) is 7. The molecular formula is C22H21N3O7. The van der Waals surface area contributed by atoms with E-state index in [4.69, 9.17) is 4.74 Å². The number of nitro groups is 1. The summed E-state index contributed by atoms with van der Waals surface area (Å²) in [4.78, 5) is 60.4. The summed E-state index contributed by atoms with van der Waals surface area (Å²) < 4.78 is 4.69. The predicted molar refractivity (Wildman–Crippen MR) is 113 cm³/mol. The first kappa shape index (κ1) is 22.6. The van der Waals surface area contributed by atoms with Gasteiger partial charge in [-0.1, -0.05) is 24.6 Å². The van der Waals surface area contributed by atoms with Gasteiger partial charge < -0.3 is 10.1 Å². The molecule has 166 valence electrons. The number of nitrogens with zero attached hydrogens (tertiary/aromatic N) is 2. The SMILES string of the molecule is COC(=O)c1ccccc1NC(=O)CCCCCN1C(=O)c2cccc([N+](=O)[O-])c2C1=O. The number of imide groups is 1. The minimum atomic E-state index is -0.676. The molecule has 0 bridgehead atoms. The summed E-state index contributed by atoms with van der Waals surface area (Å²) in [5.41, 5.74) is 0.0892. The van der Waals surface area contributed by atoms with Gasteiger partial charge in [-0.25, -0.2) is 4.79 Å². The smallest absolute Gasteiger partial charge is 0.339 e. The Morgan fingerprint density at radius 2 is 1.78 bits per heavy atom. The number of rotatable bonds is 9. The maximum absolute atomic E-state index is 12.5. The van der Waals surface area contributed by atoms with Crippen molar-refractivity contribution in [2.75, 3.05) is 19.0 Å². The third-order valence-corrected chi connectivity index (χ3v) is 5.07. The lowest BCUT2D eigenvalue weighted by atomic mass is 10.1. The van der Waals surface area contributed by atoms with E-state index in [9.17, 15) is 29.3 Å². The Kier molecular flexibility index (Phi) is 6.93. The molecule has 3 amide bonds. The fourth-order valence-corrected chi connectivity index (χ4v) is 3.50. The second-order valence-electron chi connectivity index (χ2n) is 7.11. The van der Waals surface area contributed by atoms with E-state index in [1.807, 2.05) is 0 Å². The number of anilines is 1. The van der Waals surface area contributed by atoms with E-state index in [0.717, 1.165) is 4.90 Å². The lowest BCUT2D eigenvalue weighted by Gasteiger charge is -2.13. The van der Waals surface area contributed by atoms with Crippen molar-refractivity contribution in [3.05, 3.63) is 69.3 Å². The first-order valence-electron chi connectivity index (χ1n) is 9.96. The molecule has 10 nitrogen and oxygen atoms in total. The van der Waals surface area contributed by atoms with Crippen molar-refractivity contribution in [1.82, 2.24) is 4.90 Å². The molecule has 0 spiro atoms. The molecule has 2 aromatic rings. The number of carbonyl (C=O) groups excluding carboxylic acids is 4. The van der Waals surface area contributed by atoms with Gasteiger partial charge in [0.15, 0.2) is 0 Å². The number of fused-ring (bicyclic) bond motifs is 1. The first-order chi connectivity index (χ1) is 15.3. The quantitative estimate of drug-likeness (QED) is 0.208. The van der Waals surface area contributed by atoms with Gasteiger partial charge in [-0.05, 0) is 31.0 Å². The van der Waals surface area contributed by atoms with E-state index in [1.165, 1.54) is 25.3 Å².